The molecule has 4 rings (SSSR count). The molecule has 0 saturated heterocycles. The summed E-state index contributed by atoms with van der Waals surface area (Å²) in [5.74, 6) is -0.249. The van der Waals surface area contributed by atoms with E-state index in [9.17, 15) is 13.2 Å². The number of amides is 1. The standard InChI is InChI=1S/C27H24N2O3S/c30-27(24-14-8-3-9-15-24)28-25-16-18-26(19-17-25)33(31,32)29(20-22-10-4-1-5-11-22)21-23-12-6-2-7-13-23/h1-19H,20-21H2,(H,28,30). The van der Waals surface area contributed by atoms with Gasteiger partial charge in [0.1, 0.15) is 0 Å². The molecule has 0 aromatic heterocycles. The maximum absolute atomic E-state index is 13.5. The fraction of sp³-hybridized carbons (Fsp3) is 0.0741. The molecule has 4 aromatic rings. The fourth-order valence-electron chi connectivity index (χ4n) is 3.45. The van der Waals surface area contributed by atoms with E-state index in [2.05, 4.69) is 5.32 Å². The molecule has 0 bridgehead atoms. The molecule has 0 heterocycles. The van der Waals surface area contributed by atoms with E-state index in [0.717, 1.165) is 11.1 Å². The SMILES string of the molecule is O=C(Nc1ccc(S(=O)(=O)N(Cc2ccccc2)Cc2ccccc2)cc1)c1ccccc1. The number of anilines is 1. The van der Waals surface area contributed by atoms with E-state index in [1.807, 2.05) is 66.7 Å². The van der Waals surface area contributed by atoms with Gasteiger partial charge in [-0.15, -0.1) is 0 Å². The third-order valence-electron chi connectivity index (χ3n) is 5.19. The number of nitrogens with zero attached hydrogens (tertiary/aromatic N) is 1. The lowest BCUT2D eigenvalue weighted by molar-refractivity contribution is 0.102. The lowest BCUT2D eigenvalue weighted by Crippen LogP contribution is -2.30. The van der Waals surface area contributed by atoms with Crippen LogP contribution in [-0.4, -0.2) is 18.6 Å². The van der Waals surface area contributed by atoms with E-state index < -0.39 is 10.0 Å². The summed E-state index contributed by atoms with van der Waals surface area (Å²) in [7, 11) is -3.77. The molecule has 33 heavy (non-hydrogen) atoms. The summed E-state index contributed by atoms with van der Waals surface area (Å²) < 4.78 is 28.5. The number of sulfonamides is 1. The normalized spacial score (nSPS) is 11.3. The average molecular weight is 457 g/mol. The van der Waals surface area contributed by atoms with E-state index in [-0.39, 0.29) is 23.9 Å². The first-order valence-electron chi connectivity index (χ1n) is 10.6. The number of rotatable bonds is 8. The van der Waals surface area contributed by atoms with Crippen molar-refractivity contribution in [2.45, 2.75) is 18.0 Å². The van der Waals surface area contributed by atoms with Gasteiger partial charge in [-0.2, -0.15) is 4.31 Å². The maximum Gasteiger partial charge on any atom is 0.255 e. The van der Waals surface area contributed by atoms with Gasteiger partial charge in [-0.3, -0.25) is 4.79 Å². The monoisotopic (exact) mass is 456 g/mol. The Hall–Kier alpha value is -3.74. The molecule has 0 aliphatic heterocycles. The molecule has 1 N–H and O–H groups in total. The molecule has 0 radical (unpaired) electrons. The first-order valence-corrected chi connectivity index (χ1v) is 12.0. The van der Waals surface area contributed by atoms with Crippen molar-refractivity contribution in [1.82, 2.24) is 4.31 Å². The summed E-state index contributed by atoms with van der Waals surface area (Å²) in [6, 6.07) is 34.2. The van der Waals surface area contributed by atoms with Crippen molar-refractivity contribution in [2.24, 2.45) is 0 Å². The van der Waals surface area contributed by atoms with Crippen LogP contribution in [0.3, 0.4) is 0 Å². The predicted molar refractivity (Wildman–Crippen MR) is 130 cm³/mol. The third-order valence-corrected chi connectivity index (χ3v) is 7.00. The highest BCUT2D eigenvalue weighted by atomic mass is 32.2. The van der Waals surface area contributed by atoms with E-state index in [1.165, 1.54) is 16.4 Å². The quantitative estimate of drug-likeness (QED) is 0.390. The second-order valence-electron chi connectivity index (χ2n) is 7.59. The molecule has 4 aromatic carbocycles. The third kappa shape index (κ3) is 5.74. The summed E-state index contributed by atoms with van der Waals surface area (Å²) in [4.78, 5) is 12.5. The van der Waals surface area contributed by atoms with E-state index in [1.54, 1.807) is 36.4 Å². The minimum atomic E-state index is -3.77. The zero-order chi connectivity index (χ0) is 23.1. The molecule has 166 valence electrons. The number of benzene rings is 4. The Balaban J connectivity index is 1.56. The Morgan fingerprint density at radius 3 is 1.58 bits per heavy atom. The summed E-state index contributed by atoms with van der Waals surface area (Å²) >= 11 is 0. The van der Waals surface area contributed by atoms with Gasteiger partial charge in [0, 0.05) is 24.3 Å². The average Bonchev–Trinajstić information content (AvgIpc) is 2.86. The number of hydrogen-bond acceptors (Lipinski definition) is 3. The van der Waals surface area contributed by atoms with Crippen molar-refractivity contribution >= 4 is 21.6 Å². The lowest BCUT2D eigenvalue weighted by atomic mass is 10.2. The van der Waals surface area contributed by atoms with E-state index in [4.69, 9.17) is 0 Å². The molecule has 0 atom stereocenters. The Labute approximate surface area is 194 Å². The van der Waals surface area contributed by atoms with Crippen LogP contribution in [0.25, 0.3) is 0 Å². The number of carbonyl (C=O) groups excluding carboxylic acids is 1. The van der Waals surface area contributed by atoms with Crippen LogP contribution in [0.2, 0.25) is 0 Å². The van der Waals surface area contributed by atoms with Gasteiger partial charge in [-0.05, 0) is 47.5 Å². The van der Waals surface area contributed by atoms with Gasteiger partial charge in [0.15, 0.2) is 0 Å². The molecular formula is C27H24N2O3S. The van der Waals surface area contributed by atoms with Gasteiger partial charge in [0.25, 0.3) is 5.91 Å². The molecule has 0 fully saturated rings. The topological polar surface area (TPSA) is 66.5 Å². The van der Waals surface area contributed by atoms with Gasteiger partial charge in [0.2, 0.25) is 10.0 Å². The molecule has 6 heteroatoms. The second-order valence-corrected chi connectivity index (χ2v) is 9.53. The van der Waals surface area contributed by atoms with Gasteiger partial charge >= 0.3 is 0 Å². The number of carbonyl (C=O) groups is 1. The first-order chi connectivity index (χ1) is 16.0. The largest absolute Gasteiger partial charge is 0.322 e. The number of hydrogen-bond donors (Lipinski definition) is 1. The van der Waals surface area contributed by atoms with Crippen LogP contribution in [0.15, 0.2) is 120 Å². The van der Waals surface area contributed by atoms with Gasteiger partial charge in [-0.25, -0.2) is 8.42 Å². The van der Waals surface area contributed by atoms with Crippen molar-refractivity contribution in [2.75, 3.05) is 5.32 Å². The Bertz CT molecular complexity index is 1250. The molecule has 0 spiro atoms. The van der Waals surface area contributed by atoms with Crippen molar-refractivity contribution in [1.29, 1.82) is 0 Å². The zero-order valence-corrected chi connectivity index (χ0v) is 18.8. The minimum Gasteiger partial charge on any atom is -0.322 e. The Kier molecular flexibility index (Phi) is 6.98. The van der Waals surface area contributed by atoms with E-state index >= 15 is 0 Å². The van der Waals surface area contributed by atoms with Crippen LogP contribution in [-0.2, 0) is 23.1 Å². The second kappa shape index (κ2) is 10.3. The Morgan fingerprint density at radius 2 is 1.09 bits per heavy atom. The summed E-state index contributed by atoms with van der Waals surface area (Å²) in [6.45, 7) is 0.509. The fourth-order valence-corrected chi connectivity index (χ4v) is 4.87. The van der Waals surface area contributed by atoms with E-state index in [0.29, 0.717) is 11.3 Å². The summed E-state index contributed by atoms with van der Waals surface area (Å²) in [5.41, 5.74) is 2.87. The van der Waals surface area contributed by atoms with Crippen LogP contribution < -0.4 is 5.32 Å². The van der Waals surface area contributed by atoms with Gasteiger partial charge < -0.3 is 5.32 Å². The van der Waals surface area contributed by atoms with Crippen LogP contribution in [0.4, 0.5) is 5.69 Å². The Morgan fingerprint density at radius 1 is 0.636 bits per heavy atom. The van der Waals surface area contributed by atoms with Crippen molar-refractivity contribution in [3.05, 3.63) is 132 Å². The van der Waals surface area contributed by atoms with Gasteiger partial charge in [-0.1, -0.05) is 78.9 Å². The van der Waals surface area contributed by atoms with Crippen molar-refractivity contribution in [3.63, 3.8) is 0 Å². The molecule has 1 amide bonds. The zero-order valence-electron chi connectivity index (χ0n) is 18.0. The van der Waals surface area contributed by atoms with Crippen molar-refractivity contribution < 1.29 is 13.2 Å². The van der Waals surface area contributed by atoms with Crippen LogP contribution in [0.5, 0.6) is 0 Å². The van der Waals surface area contributed by atoms with Gasteiger partial charge in [0.05, 0.1) is 4.90 Å². The summed E-state index contributed by atoms with van der Waals surface area (Å²) in [6.07, 6.45) is 0. The minimum absolute atomic E-state index is 0.173. The highest BCUT2D eigenvalue weighted by Crippen LogP contribution is 2.23. The number of nitrogens with one attached hydrogen (secondary N) is 1. The molecule has 0 saturated carbocycles. The first kappa shape index (κ1) is 22.5. The molecule has 0 aliphatic rings. The van der Waals surface area contributed by atoms with Crippen molar-refractivity contribution in [3.8, 4) is 0 Å². The molecular weight excluding hydrogens is 432 g/mol. The highest BCUT2D eigenvalue weighted by Gasteiger charge is 2.25. The van der Waals surface area contributed by atoms with Crippen LogP contribution in [0, 0.1) is 0 Å². The molecule has 0 unspecified atom stereocenters. The highest BCUT2D eigenvalue weighted by molar-refractivity contribution is 7.89. The summed E-state index contributed by atoms with van der Waals surface area (Å²) in [5, 5.41) is 2.80. The molecule has 0 aliphatic carbocycles. The predicted octanol–water partition coefficient (Wildman–Crippen LogP) is 5.33. The van der Waals surface area contributed by atoms with Crippen LogP contribution >= 0.6 is 0 Å². The molecule has 5 nitrogen and oxygen atoms in total. The van der Waals surface area contributed by atoms with Crippen LogP contribution in [0.1, 0.15) is 21.5 Å². The maximum atomic E-state index is 13.5. The smallest absolute Gasteiger partial charge is 0.255 e. The lowest BCUT2D eigenvalue weighted by Gasteiger charge is -2.23.